The van der Waals surface area contributed by atoms with E-state index < -0.39 is 6.16 Å². The molecule has 0 atom stereocenters. The van der Waals surface area contributed by atoms with Crippen molar-refractivity contribution in [1.29, 1.82) is 0 Å². The molecule has 9 nitrogen and oxygen atoms in total. The Kier molecular flexibility index (Phi) is 37.1. The maximum atomic E-state index is 12.3. The second-order valence-corrected chi connectivity index (χ2v) is 16.6. The van der Waals surface area contributed by atoms with Gasteiger partial charge in [0.15, 0.2) is 0 Å². The first kappa shape index (κ1) is 54.1. The average Bonchev–Trinajstić information content (AvgIpc) is 3.22. The lowest BCUT2D eigenvalue weighted by Crippen LogP contribution is -2.16. The Balaban J connectivity index is 2.29. The number of nitrogens with zero attached hydrogens (tertiary/aromatic N) is 1. The third-order valence-electron chi connectivity index (χ3n) is 10.6. The average molecular weight is 832 g/mol. The number of carbonyl (C=O) groups excluding carboxylic acids is 2. The zero-order valence-electron chi connectivity index (χ0n) is 38.6. The van der Waals surface area contributed by atoms with E-state index in [1.54, 1.807) is 0 Å². The molecule has 9 heteroatoms. The summed E-state index contributed by atoms with van der Waals surface area (Å²) in [5, 5.41) is 0. The van der Waals surface area contributed by atoms with Crippen LogP contribution in [0.2, 0.25) is 0 Å². The molecule has 1 aromatic carbocycles. The Morgan fingerprint density at radius 1 is 0.508 bits per heavy atom. The molecule has 0 saturated carbocycles. The highest BCUT2D eigenvalue weighted by atomic mass is 16.7. The molecule has 0 amide bonds. The minimum absolute atomic E-state index is 0.0459. The summed E-state index contributed by atoms with van der Waals surface area (Å²) in [6, 6.07) is 5.76. The maximum absolute atomic E-state index is 12.3. The first-order chi connectivity index (χ1) is 28.8. The van der Waals surface area contributed by atoms with Crippen molar-refractivity contribution in [3.8, 4) is 11.5 Å². The Hall–Kier alpha value is -2.94. The van der Waals surface area contributed by atoms with E-state index in [1.807, 2.05) is 32.3 Å². The van der Waals surface area contributed by atoms with Crippen LogP contribution in [0.25, 0.3) is 0 Å². The summed E-state index contributed by atoms with van der Waals surface area (Å²) < 4.78 is 34.3. The predicted molar refractivity (Wildman–Crippen MR) is 243 cm³/mol. The molecule has 342 valence electrons. The number of hydrogen-bond acceptors (Lipinski definition) is 9. The lowest BCUT2D eigenvalue weighted by molar-refractivity contribution is -0.143. The van der Waals surface area contributed by atoms with E-state index in [9.17, 15) is 9.59 Å². The molecule has 0 aromatic heterocycles. The van der Waals surface area contributed by atoms with Crippen molar-refractivity contribution >= 4 is 12.1 Å². The smallest absolute Gasteiger partial charge is 0.499 e. The number of allylic oxidation sites excluding steroid dienone is 1. The van der Waals surface area contributed by atoms with Gasteiger partial charge in [-0.2, -0.15) is 0 Å². The van der Waals surface area contributed by atoms with Crippen molar-refractivity contribution in [2.24, 2.45) is 0 Å². The normalized spacial score (nSPS) is 11.1. The third kappa shape index (κ3) is 35.5. The standard InChI is InChI=1S/C50H89NO8/c1-6-8-10-12-14-20-26-33-45(3)54-38-28-22-16-18-24-30-40-56-48-36-35-47(43-46(48)44-59-50(53)58-42-32-37-51(4)5)55-39-29-23-17-19-25-31-41-57-49(52)34-27-21-15-13-11-9-7-2/h35-36,43H,3,6-34,37-42,44H2,1-2,4-5H3. The largest absolute Gasteiger partial charge is 0.508 e. The van der Waals surface area contributed by atoms with E-state index >= 15 is 0 Å². The molecule has 0 bridgehead atoms. The van der Waals surface area contributed by atoms with Gasteiger partial charge >= 0.3 is 12.1 Å². The fourth-order valence-corrected chi connectivity index (χ4v) is 6.86. The second kappa shape index (κ2) is 40.5. The Bertz CT molecular complexity index is 1140. The minimum Gasteiger partial charge on any atom is -0.499 e. The zero-order chi connectivity index (χ0) is 42.9. The molecule has 0 N–H and O–H groups in total. The minimum atomic E-state index is -0.675. The van der Waals surface area contributed by atoms with Crippen LogP contribution in [0.15, 0.2) is 30.5 Å². The van der Waals surface area contributed by atoms with E-state index in [-0.39, 0.29) is 12.6 Å². The quantitative estimate of drug-likeness (QED) is 0.0362. The van der Waals surface area contributed by atoms with Gasteiger partial charge in [0.2, 0.25) is 0 Å². The molecule has 0 spiro atoms. The molecule has 0 aliphatic heterocycles. The molecule has 1 rings (SSSR count). The van der Waals surface area contributed by atoms with Crippen LogP contribution in [0.1, 0.15) is 206 Å². The summed E-state index contributed by atoms with van der Waals surface area (Å²) in [5.74, 6) is 2.34. The molecule has 1 aromatic rings. The number of rotatable bonds is 43. The van der Waals surface area contributed by atoms with Crippen molar-refractivity contribution in [1.82, 2.24) is 4.90 Å². The van der Waals surface area contributed by atoms with Crippen LogP contribution in [-0.2, 0) is 30.3 Å². The second-order valence-electron chi connectivity index (χ2n) is 16.6. The van der Waals surface area contributed by atoms with Crippen molar-refractivity contribution < 1.29 is 38.0 Å². The molecular weight excluding hydrogens is 743 g/mol. The van der Waals surface area contributed by atoms with Gasteiger partial charge in [-0.05, 0) is 77.2 Å². The number of benzene rings is 1. The molecule has 59 heavy (non-hydrogen) atoms. The van der Waals surface area contributed by atoms with Crippen LogP contribution in [0.3, 0.4) is 0 Å². The maximum Gasteiger partial charge on any atom is 0.508 e. The van der Waals surface area contributed by atoms with Crippen LogP contribution < -0.4 is 9.47 Å². The van der Waals surface area contributed by atoms with Gasteiger partial charge in [0.25, 0.3) is 0 Å². The summed E-state index contributed by atoms with van der Waals surface area (Å²) >= 11 is 0. The molecular formula is C50H89NO8. The van der Waals surface area contributed by atoms with Gasteiger partial charge in [0.05, 0.1) is 38.8 Å². The molecule has 0 unspecified atom stereocenters. The third-order valence-corrected chi connectivity index (χ3v) is 10.6. The summed E-state index contributed by atoms with van der Waals surface area (Å²) in [4.78, 5) is 26.3. The van der Waals surface area contributed by atoms with Crippen LogP contribution in [0, 0.1) is 0 Å². The molecule has 0 radical (unpaired) electrons. The first-order valence-electron chi connectivity index (χ1n) is 24.1. The Morgan fingerprint density at radius 3 is 1.56 bits per heavy atom. The number of carbonyl (C=O) groups is 2. The van der Waals surface area contributed by atoms with Gasteiger partial charge in [0.1, 0.15) is 18.1 Å². The first-order valence-corrected chi connectivity index (χ1v) is 24.1. The van der Waals surface area contributed by atoms with Crippen molar-refractivity contribution in [3.63, 3.8) is 0 Å². The summed E-state index contributed by atoms with van der Waals surface area (Å²) in [6.07, 6.45) is 32.2. The van der Waals surface area contributed by atoms with Gasteiger partial charge in [-0.1, -0.05) is 149 Å². The van der Waals surface area contributed by atoms with Crippen LogP contribution in [0.4, 0.5) is 4.79 Å². The highest BCUT2D eigenvalue weighted by Crippen LogP contribution is 2.26. The van der Waals surface area contributed by atoms with Crippen molar-refractivity contribution in [2.45, 2.75) is 207 Å². The molecule has 0 aliphatic carbocycles. The van der Waals surface area contributed by atoms with E-state index in [1.165, 1.54) is 89.9 Å². The number of unbranched alkanes of at least 4 members (excludes halogenated alkanes) is 22. The number of ether oxygens (including phenoxy) is 6. The van der Waals surface area contributed by atoms with Crippen molar-refractivity contribution in [3.05, 3.63) is 36.1 Å². The lowest BCUT2D eigenvalue weighted by atomic mass is 10.1. The molecule has 0 aliphatic rings. The van der Waals surface area contributed by atoms with E-state index in [4.69, 9.17) is 28.4 Å². The van der Waals surface area contributed by atoms with Gasteiger partial charge < -0.3 is 33.3 Å². The van der Waals surface area contributed by atoms with Crippen LogP contribution >= 0.6 is 0 Å². The van der Waals surface area contributed by atoms with Gasteiger partial charge in [-0.15, -0.1) is 0 Å². The summed E-state index contributed by atoms with van der Waals surface area (Å²) in [5.41, 5.74) is 0.768. The highest BCUT2D eigenvalue weighted by Gasteiger charge is 2.12. The Morgan fingerprint density at radius 2 is 0.983 bits per heavy atom. The fraction of sp³-hybridized carbons (Fsp3) is 0.800. The molecule has 0 saturated heterocycles. The number of hydrogen-bond donors (Lipinski definition) is 0. The van der Waals surface area contributed by atoms with E-state index in [2.05, 4.69) is 25.3 Å². The zero-order valence-corrected chi connectivity index (χ0v) is 38.6. The van der Waals surface area contributed by atoms with Crippen molar-refractivity contribution in [2.75, 3.05) is 53.7 Å². The predicted octanol–water partition coefficient (Wildman–Crippen LogP) is 14.1. The highest BCUT2D eigenvalue weighted by molar-refractivity contribution is 5.69. The van der Waals surface area contributed by atoms with Crippen LogP contribution in [0.5, 0.6) is 11.5 Å². The van der Waals surface area contributed by atoms with Gasteiger partial charge in [-0.3, -0.25) is 4.79 Å². The summed E-state index contributed by atoms with van der Waals surface area (Å²) in [6.45, 7) is 12.3. The molecule has 0 fully saturated rings. The van der Waals surface area contributed by atoms with Crippen LogP contribution in [-0.4, -0.2) is 70.7 Å². The fourth-order valence-electron chi connectivity index (χ4n) is 6.86. The van der Waals surface area contributed by atoms with E-state index in [0.717, 1.165) is 120 Å². The molecule has 0 heterocycles. The van der Waals surface area contributed by atoms with E-state index in [0.29, 0.717) is 38.6 Å². The Labute approximate surface area is 362 Å². The van der Waals surface area contributed by atoms with Gasteiger partial charge in [-0.25, -0.2) is 4.79 Å². The topological polar surface area (TPSA) is 92.8 Å². The number of esters is 1. The SMILES string of the molecule is C=C(CCCCCCCCC)OCCCCCCCCOc1ccc(OCCCCCCCCOC(=O)CCCCCCCCC)cc1COC(=O)OCCCN(C)C. The van der Waals surface area contributed by atoms with Gasteiger partial charge in [0, 0.05) is 24.9 Å². The monoisotopic (exact) mass is 832 g/mol. The lowest BCUT2D eigenvalue weighted by Gasteiger charge is -2.15. The summed E-state index contributed by atoms with van der Waals surface area (Å²) in [7, 11) is 3.98.